The number of hydrogen-bond donors (Lipinski definition) is 0. The van der Waals surface area contributed by atoms with Crippen LogP contribution in [0.3, 0.4) is 0 Å². The molecule has 1 atom stereocenters. The first-order chi connectivity index (χ1) is 10.3. The Bertz CT molecular complexity index is 525. The smallest absolute Gasteiger partial charge is 0.410 e. The second kappa shape index (κ2) is 6.75. The fourth-order valence-electron chi connectivity index (χ4n) is 2.40. The van der Waals surface area contributed by atoms with E-state index in [9.17, 15) is 9.59 Å². The van der Waals surface area contributed by atoms with Crippen LogP contribution in [0.15, 0.2) is 11.6 Å². The molecule has 122 valence electrons. The molecule has 1 amide bonds. The molecule has 0 radical (unpaired) electrons. The van der Waals surface area contributed by atoms with Crippen molar-refractivity contribution in [2.24, 2.45) is 0 Å². The molecule has 1 unspecified atom stereocenters. The quantitative estimate of drug-likeness (QED) is 0.798. The predicted octanol–water partition coefficient (Wildman–Crippen LogP) is 2.27. The van der Waals surface area contributed by atoms with E-state index in [1.807, 2.05) is 27.7 Å². The van der Waals surface area contributed by atoms with E-state index in [0.29, 0.717) is 31.2 Å². The molecule has 1 fully saturated rings. The second-order valence-electron chi connectivity index (χ2n) is 6.52. The maximum atomic E-state index is 12.1. The first-order valence-corrected chi connectivity index (χ1v) is 8.29. The largest absolute Gasteiger partial charge is 0.444 e. The Hall–Kier alpha value is -1.47. The summed E-state index contributed by atoms with van der Waals surface area (Å²) in [4.78, 5) is 32.1. The van der Waals surface area contributed by atoms with Gasteiger partial charge in [0.25, 0.3) is 0 Å². The van der Waals surface area contributed by atoms with Crippen molar-refractivity contribution in [1.82, 2.24) is 14.8 Å². The summed E-state index contributed by atoms with van der Waals surface area (Å²) in [6, 6.07) is 0.0210. The number of nitrogens with zero attached hydrogens (tertiary/aromatic N) is 3. The van der Waals surface area contributed by atoms with Gasteiger partial charge in [-0.3, -0.25) is 9.69 Å². The lowest BCUT2D eigenvalue weighted by Crippen LogP contribution is -2.55. The molecule has 6 nitrogen and oxygen atoms in total. The average Bonchev–Trinajstić information content (AvgIpc) is 2.90. The molecule has 0 N–H and O–H groups in total. The Morgan fingerprint density at radius 2 is 2.14 bits per heavy atom. The SMILES string of the molecule is CC1CN(CC(=O)c2nccs2)CCN1C(=O)OC(C)(C)C. The van der Waals surface area contributed by atoms with Crippen molar-refractivity contribution in [2.45, 2.75) is 39.3 Å². The van der Waals surface area contributed by atoms with Gasteiger partial charge >= 0.3 is 6.09 Å². The van der Waals surface area contributed by atoms with Crippen LogP contribution in [0.25, 0.3) is 0 Å². The van der Waals surface area contributed by atoms with Crippen LogP contribution in [-0.2, 0) is 4.74 Å². The summed E-state index contributed by atoms with van der Waals surface area (Å²) < 4.78 is 5.42. The molecule has 2 rings (SSSR count). The highest BCUT2D eigenvalue weighted by atomic mass is 32.1. The second-order valence-corrected chi connectivity index (χ2v) is 7.41. The number of aromatic nitrogens is 1. The van der Waals surface area contributed by atoms with Crippen molar-refractivity contribution in [3.8, 4) is 0 Å². The van der Waals surface area contributed by atoms with Gasteiger partial charge in [0.1, 0.15) is 5.60 Å². The number of ether oxygens (including phenoxy) is 1. The highest BCUT2D eigenvalue weighted by Gasteiger charge is 2.31. The zero-order chi connectivity index (χ0) is 16.3. The third-order valence-electron chi connectivity index (χ3n) is 3.38. The first kappa shape index (κ1) is 16.9. The van der Waals surface area contributed by atoms with Crippen LogP contribution in [0.1, 0.15) is 37.5 Å². The van der Waals surface area contributed by atoms with Gasteiger partial charge in [-0.25, -0.2) is 9.78 Å². The molecule has 0 bridgehead atoms. The number of hydrogen-bond acceptors (Lipinski definition) is 6. The summed E-state index contributed by atoms with van der Waals surface area (Å²) in [6.07, 6.45) is 1.35. The molecular weight excluding hydrogens is 302 g/mol. The third kappa shape index (κ3) is 4.51. The van der Waals surface area contributed by atoms with Gasteiger partial charge in [0, 0.05) is 37.3 Å². The maximum absolute atomic E-state index is 12.1. The van der Waals surface area contributed by atoms with Crippen molar-refractivity contribution < 1.29 is 14.3 Å². The number of thiazole rings is 1. The van der Waals surface area contributed by atoms with Crippen molar-refractivity contribution >= 4 is 23.2 Å². The summed E-state index contributed by atoms with van der Waals surface area (Å²) in [5.74, 6) is 0.0351. The summed E-state index contributed by atoms with van der Waals surface area (Å²) in [5, 5.41) is 2.35. The Morgan fingerprint density at radius 3 is 2.68 bits per heavy atom. The van der Waals surface area contributed by atoms with Crippen molar-refractivity contribution in [1.29, 1.82) is 0 Å². The topological polar surface area (TPSA) is 62.7 Å². The molecule has 1 aromatic heterocycles. The molecule has 1 saturated heterocycles. The molecule has 0 aliphatic carbocycles. The van der Waals surface area contributed by atoms with E-state index in [1.165, 1.54) is 11.3 Å². The van der Waals surface area contributed by atoms with Gasteiger partial charge in [0.2, 0.25) is 5.78 Å². The third-order valence-corrected chi connectivity index (χ3v) is 4.19. The molecule has 1 aliphatic rings. The fraction of sp³-hybridized carbons (Fsp3) is 0.667. The minimum atomic E-state index is -0.491. The van der Waals surface area contributed by atoms with E-state index in [4.69, 9.17) is 4.74 Å². The van der Waals surface area contributed by atoms with E-state index < -0.39 is 5.60 Å². The van der Waals surface area contributed by atoms with Crippen LogP contribution in [0.2, 0.25) is 0 Å². The fourth-order valence-corrected chi connectivity index (χ4v) is 2.97. The van der Waals surface area contributed by atoms with Gasteiger partial charge in [-0.2, -0.15) is 0 Å². The number of Topliss-reactive ketones (excluding diaryl/α,β-unsaturated/α-hetero) is 1. The van der Waals surface area contributed by atoms with Gasteiger partial charge in [-0.1, -0.05) is 0 Å². The van der Waals surface area contributed by atoms with E-state index >= 15 is 0 Å². The number of carbonyl (C=O) groups is 2. The van der Waals surface area contributed by atoms with Crippen molar-refractivity contribution in [2.75, 3.05) is 26.2 Å². The first-order valence-electron chi connectivity index (χ1n) is 7.41. The van der Waals surface area contributed by atoms with Gasteiger partial charge in [-0.05, 0) is 27.7 Å². The van der Waals surface area contributed by atoms with Crippen LogP contribution in [0, 0.1) is 0 Å². The molecule has 1 aromatic rings. The molecule has 1 aliphatic heterocycles. The number of piperazine rings is 1. The highest BCUT2D eigenvalue weighted by molar-refractivity contribution is 7.11. The van der Waals surface area contributed by atoms with E-state index in [0.717, 1.165) is 0 Å². The van der Waals surface area contributed by atoms with E-state index in [2.05, 4.69) is 9.88 Å². The van der Waals surface area contributed by atoms with E-state index in [1.54, 1.807) is 16.5 Å². The highest BCUT2D eigenvalue weighted by Crippen LogP contribution is 2.16. The molecule has 22 heavy (non-hydrogen) atoms. The lowest BCUT2D eigenvalue weighted by Gasteiger charge is -2.39. The minimum absolute atomic E-state index is 0.0210. The molecule has 0 spiro atoms. The van der Waals surface area contributed by atoms with Crippen LogP contribution in [0.4, 0.5) is 4.79 Å². The van der Waals surface area contributed by atoms with Gasteiger partial charge in [-0.15, -0.1) is 11.3 Å². The Kier molecular flexibility index (Phi) is 5.18. The number of amides is 1. The van der Waals surface area contributed by atoms with Crippen LogP contribution in [-0.4, -0.2) is 64.5 Å². The van der Waals surface area contributed by atoms with E-state index in [-0.39, 0.29) is 17.9 Å². The summed E-state index contributed by atoms with van der Waals surface area (Å²) in [5.41, 5.74) is -0.491. The van der Waals surface area contributed by atoms with Crippen LogP contribution >= 0.6 is 11.3 Å². The number of ketones is 1. The van der Waals surface area contributed by atoms with Gasteiger partial charge in [0.05, 0.1) is 6.54 Å². The standard InChI is InChI=1S/C15H23N3O3S/c1-11-9-17(10-12(19)13-16-5-8-22-13)6-7-18(11)14(20)21-15(2,3)4/h5,8,11H,6-7,9-10H2,1-4H3. The maximum Gasteiger partial charge on any atom is 0.410 e. The number of carbonyl (C=O) groups excluding carboxylic acids is 2. The molecule has 2 heterocycles. The zero-order valence-electron chi connectivity index (χ0n) is 13.5. The monoisotopic (exact) mass is 325 g/mol. The summed E-state index contributed by atoms with van der Waals surface area (Å²) in [7, 11) is 0. The van der Waals surface area contributed by atoms with Gasteiger partial charge < -0.3 is 9.64 Å². The zero-order valence-corrected chi connectivity index (χ0v) is 14.4. The lowest BCUT2D eigenvalue weighted by atomic mass is 10.2. The predicted molar refractivity (Wildman–Crippen MR) is 85.3 cm³/mol. The molecular formula is C15H23N3O3S. The average molecular weight is 325 g/mol. The lowest BCUT2D eigenvalue weighted by molar-refractivity contribution is 0.00220. The Labute approximate surface area is 135 Å². The minimum Gasteiger partial charge on any atom is -0.444 e. The van der Waals surface area contributed by atoms with Crippen molar-refractivity contribution in [3.63, 3.8) is 0 Å². The van der Waals surface area contributed by atoms with Gasteiger partial charge in [0.15, 0.2) is 5.01 Å². The summed E-state index contributed by atoms with van der Waals surface area (Å²) >= 11 is 1.36. The van der Waals surface area contributed by atoms with Crippen molar-refractivity contribution in [3.05, 3.63) is 16.6 Å². The summed E-state index contributed by atoms with van der Waals surface area (Å²) in [6.45, 7) is 9.80. The molecule has 7 heteroatoms. The Balaban J connectivity index is 1.87. The number of rotatable bonds is 3. The van der Waals surface area contributed by atoms with Crippen LogP contribution < -0.4 is 0 Å². The molecule has 0 aromatic carbocycles. The Morgan fingerprint density at radius 1 is 1.41 bits per heavy atom. The van der Waals surface area contributed by atoms with Crippen LogP contribution in [0.5, 0.6) is 0 Å². The normalized spacial score (nSPS) is 20.0. The molecule has 0 saturated carbocycles.